The third-order valence-corrected chi connectivity index (χ3v) is 19.7. The summed E-state index contributed by atoms with van der Waals surface area (Å²) in [5.74, 6) is -0.455. The molecule has 3 N–H and O–H groups in total. The number of carbonyl (C=O) groups excluding carboxylic acids is 2. The standard InChI is InChI=1S/C34H51N3O7Si2/c1-23(44-45(10,11)31(2,3)4)34(36-29(39)37(8)9)26(35-30(40)41)27-33(43-27,28(34)38)22-42-46(32(5,6)7,24-18-14-12-15-19-24)25-20-16-13-17-21-25/h12-21,23,26-27,35H,22H2,1-11H3,(H,36,39)(H,40,41)/t23-,26-,27+,33+,34-/m0/s1. The van der Waals surface area contributed by atoms with E-state index in [1.54, 1.807) is 21.0 Å². The Bertz CT molecular complexity index is 1400. The van der Waals surface area contributed by atoms with Crippen molar-refractivity contribution in [2.75, 3.05) is 20.7 Å². The normalized spacial score (nSPS) is 25.4. The summed E-state index contributed by atoms with van der Waals surface area (Å²) in [6.07, 6.45) is -3.09. The number of nitrogens with zero attached hydrogens (tertiary/aromatic N) is 1. The van der Waals surface area contributed by atoms with Crippen LogP contribution in [0.3, 0.4) is 0 Å². The molecule has 0 spiro atoms. The van der Waals surface area contributed by atoms with Gasteiger partial charge in [0.05, 0.1) is 18.8 Å². The Kier molecular flexibility index (Phi) is 9.50. The Labute approximate surface area is 275 Å². The molecular weight excluding hydrogens is 619 g/mol. The van der Waals surface area contributed by atoms with Gasteiger partial charge in [0, 0.05) is 14.1 Å². The minimum Gasteiger partial charge on any atom is -0.465 e. The summed E-state index contributed by atoms with van der Waals surface area (Å²) in [5.41, 5.74) is -3.25. The first-order valence-electron chi connectivity index (χ1n) is 15.8. The van der Waals surface area contributed by atoms with Gasteiger partial charge in [0.1, 0.15) is 6.10 Å². The second-order valence-electron chi connectivity index (χ2n) is 15.4. The van der Waals surface area contributed by atoms with E-state index in [4.69, 9.17) is 13.6 Å². The van der Waals surface area contributed by atoms with Gasteiger partial charge in [-0.1, -0.05) is 102 Å². The largest absolute Gasteiger partial charge is 0.465 e. The smallest absolute Gasteiger partial charge is 0.405 e. The zero-order valence-corrected chi connectivity index (χ0v) is 31.1. The van der Waals surface area contributed by atoms with Gasteiger partial charge in [0.25, 0.3) is 8.32 Å². The molecule has 0 aromatic heterocycles. The number of epoxide rings is 1. The number of rotatable bonds is 10. The van der Waals surface area contributed by atoms with Crippen molar-refractivity contribution in [2.24, 2.45) is 0 Å². The molecule has 1 saturated carbocycles. The Hall–Kier alpha value is -3.04. The monoisotopic (exact) mass is 669 g/mol. The highest BCUT2D eigenvalue weighted by Gasteiger charge is 2.82. The number of ether oxygens (including phenoxy) is 1. The van der Waals surface area contributed by atoms with Crippen LogP contribution in [-0.4, -0.2) is 94.6 Å². The van der Waals surface area contributed by atoms with Gasteiger partial charge in [-0.25, -0.2) is 9.59 Å². The molecule has 2 aliphatic rings. The van der Waals surface area contributed by atoms with Crippen LogP contribution in [0.25, 0.3) is 0 Å². The molecule has 4 rings (SSSR count). The average molecular weight is 670 g/mol. The minimum absolute atomic E-state index is 0.117. The van der Waals surface area contributed by atoms with E-state index in [0.29, 0.717) is 0 Å². The number of benzene rings is 2. The highest BCUT2D eigenvalue weighted by atomic mass is 28.4. The maximum atomic E-state index is 15.0. The number of hydrogen-bond donors (Lipinski definition) is 3. The van der Waals surface area contributed by atoms with Crippen LogP contribution in [0.1, 0.15) is 48.5 Å². The van der Waals surface area contributed by atoms with Crippen molar-refractivity contribution in [3.05, 3.63) is 60.7 Å². The number of urea groups is 1. The quantitative estimate of drug-likeness (QED) is 0.254. The van der Waals surface area contributed by atoms with E-state index in [9.17, 15) is 14.7 Å². The summed E-state index contributed by atoms with van der Waals surface area (Å²) in [7, 11) is -2.47. The van der Waals surface area contributed by atoms with Crippen LogP contribution in [0.4, 0.5) is 9.59 Å². The SMILES string of the molecule is C[C@H](O[Si](C)(C)C(C)(C)C)[C@@]1(NC(=O)N(C)C)C(=O)[C@]2(CO[Si](c3ccccc3)(c3ccccc3)C(C)(C)C)O[C@@H]2[C@@H]1NC(=O)O. The van der Waals surface area contributed by atoms with E-state index in [-0.39, 0.29) is 16.7 Å². The lowest BCUT2D eigenvalue weighted by molar-refractivity contribution is -0.136. The number of carboxylic acid groups (broad SMARTS) is 1. The molecule has 1 aliphatic heterocycles. The first-order chi connectivity index (χ1) is 21.2. The predicted molar refractivity (Wildman–Crippen MR) is 184 cm³/mol. The van der Waals surface area contributed by atoms with Gasteiger partial charge in [0.15, 0.2) is 25.2 Å². The number of ketones is 1. The predicted octanol–water partition coefficient (Wildman–Crippen LogP) is 4.34. The molecule has 5 atom stereocenters. The third kappa shape index (κ3) is 5.94. The fourth-order valence-electron chi connectivity index (χ4n) is 6.60. The van der Waals surface area contributed by atoms with E-state index in [0.717, 1.165) is 10.4 Å². The van der Waals surface area contributed by atoms with Gasteiger partial charge < -0.3 is 34.2 Å². The van der Waals surface area contributed by atoms with Gasteiger partial charge in [0.2, 0.25) is 0 Å². The second-order valence-corrected chi connectivity index (χ2v) is 24.4. The van der Waals surface area contributed by atoms with E-state index in [1.807, 2.05) is 36.4 Å². The molecule has 2 aromatic rings. The summed E-state index contributed by atoms with van der Waals surface area (Å²) in [6.45, 7) is 18.4. The Balaban J connectivity index is 1.85. The summed E-state index contributed by atoms with van der Waals surface area (Å²) >= 11 is 0. The number of amides is 3. The average Bonchev–Trinajstić information content (AvgIpc) is 3.65. The van der Waals surface area contributed by atoms with Crippen LogP contribution in [-0.2, 0) is 18.4 Å². The van der Waals surface area contributed by atoms with Gasteiger partial charge in [-0.3, -0.25) is 4.79 Å². The second kappa shape index (κ2) is 12.2. The van der Waals surface area contributed by atoms with Crippen molar-refractivity contribution in [1.82, 2.24) is 15.5 Å². The fourth-order valence-corrected chi connectivity index (χ4v) is 12.6. The molecule has 1 heterocycles. The number of fused-ring (bicyclic) bond motifs is 1. The zero-order chi connectivity index (χ0) is 34.5. The molecule has 46 heavy (non-hydrogen) atoms. The molecule has 1 saturated heterocycles. The van der Waals surface area contributed by atoms with Crippen molar-refractivity contribution < 1.29 is 33.1 Å². The summed E-state index contributed by atoms with van der Waals surface area (Å²) < 4.78 is 20.1. The van der Waals surface area contributed by atoms with Crippen LogP contribution < -0.4 is 21.0 Å². The first kappa shape index (κ1) is 35.8. The summed E-state index contributed by atoms with van der Waals surface area (Å²) in [4.78, 5) is 42.0. The highest BCUT2D eigenvalue weighted by Crippen LogP contribution is 2.55. The van der Waals surface area contributed by atoms with Crippen LogP contribution >= 0.6 is 0 Å². The number of hydrogen-bond acceptors (Lipinski definition) is 6. The van der Waals surface area contributed by atoms with Crippen molar-refractivity contribution in [3.63, 3.8) is 0 Å². The highest BCUT2D eigenvalue weighted by molar-refractivity contribution is 6.99. The Morgan fingerprint density at radius 1 is 0.957 bits per heavy atom. The third-order valence-electron chi connectivity index (χ3n) is 10.1. The Morgan fingerprint density at radius 3 is 1.87 bits per heavy atom. The van der Waals surface area contributed by atoms with Crippen molar-refractivity contribution in [2.45, 2.75) is 101 Å². The maximum Gasteiger partial charge on any atom is 0.405 e. The molecule has 10 nitrogen and oxygen atoms in total. The van der Waals surface area contributed by atoms with Crippen LogP contribution in [0.5, 0.6) is 0 Å². The summed E-state index contributed by atoms with van der Waals surface area (Å²) in [5, 5.41) is 17.0. The molecule has 0 radical (unpaired) electrons. The number of carbonyl (C=O) groups is 3. The van der Waals surface area contributed by atoms with E-state index in [1.165, 1.54) is 4.90 Å². The van der Waals surface area contributed by atoms with Gasteiger partial charge in [-0.2, -0.15) is 0 Å². The van der Waals surface area contributed by atoms with Crippen LogP contribution in [0.15, 0.2) is 60.7 Å². The first-order valence-corrected chi connectivity index (χ1v) is 20.6. The molecule has 2 fully saturated rings. The zero-order valence-electron chi connectivity index (χ0n) is 29.1. The van der Waals surface area contributed by atoms with E-state index >= 15 is 4.79 Å². The topological polar surface area (TPSA) is 130 Å². The molecular formula is C34H51N3O7Si2. The Morgan fingerprint density at radius 2 is 1.46 bits per heavy atom. The molecule has 3 amide bonds. The number of Topliss-reactive ketones (excluding diaryl/α,β-unsaturated/α-hetero) is 1. The van der Waals surface area contributed by atoms with E-state index < -0.39 is 63.9 Å². The minimum atomic E-state index is -3.10. The lowest BCUT2D eigenvalue weighted by Gasteiger charge is -2.47. The molecule has 1 aliphatic carbocycles. The van der Waals surface area contributed by atoms with Crippen molar-refractivity contribution in [3.8, 4) is 0 Å². The van der Waals surface area contributed by atoms with Crippen LogP contribution in [0.2, 0.25) is 23.2 Å². The van der Waals surface area contributed by atoms with Crippen LogP contribution in [0, 0.1) is 0 Å². The molecule has 0 unspecified atom stereocenters. The maximum absolute atomic E-state index is 15.0. The van der Waals surface area contributed by atoms with Gasteiger partial charge in [-0.05, 0) is 40.5 Å². The molecule has 12 heteroatoms. The lowest BCUT2D eigenvalue weighted by atomic mass is 9.84. The van der Waals surface area contributed by atoms with Gasteiger partial charge in [-0.15, -0.1) is 0 Å². The molecule has 2 aromatic carbocycles. The molecule has 0 bridgehead atoms. The number of nitrogens with one attached hydrogen (secondary N) is 2. The molecule has 252 valence electrons. The van der Waals surface area contributed by atoms with Gasteiger partial charge >= 0.3 is 12.1 Å². The lowest BCUT2D eigenvalue weighted by Crippen LogP contribution is -2.73. The van der Waals surface area contributed by atoms with E-state index in [2.05, 4.69) is 89.5 Å². The van der Waals surface area contributed by atoms with Crippen molar-refractivity contribution >= 4 is 44.9 Å². The summed E-state index contributed by atoms with van der Waals surface area (Å²) in [6, 6.07) is 18.5. The van der Waals surface area contributed by atoms with Crippen molar-refractivity contribution in [1.29, 1.82) is 0 Å². The fraction of sp³-hybridized carbons (Fsp3) is 0.559.